The average Bonchev–Trinajstić information content (AvgIpc) is 2.50. The smallest absolute Gasteiger partial charge is 0.331 e. The number of nitrogens with one attached hydrogen (secondary N) is 1. The lowest BCUT2D eigenvalue weighted by Crippen LogP contribution is -2.53. The Morgan fingerprint density at radius 1 is 1.43 bits per heavy atom. The highest BCUT2D eigenvalue weighted by Crippen LogP contribution is 2.32. The number of hydrogen-bond acceptors (Lipinski definition) is 4. The quantitative estimate of drug-likeness (QED) is 0.843. The molecule has 5 heteroatoms. The Balaban J connectivity index is 2.22. The Hall–Kier alpha value is -1.26. The Kier molecular flexibility index (Phi) is 5.48. The van der Waals surface area contributed by atoms with Crippen molar-refractivity contribution in [1.29, 1.82) is 0 Å². The zero-order valence-electron chi connectivity index (χ0n) is 12.5. The van der Waals surface area contributed by atoms with Gasteiger partial charge in [-0.1, -0.05) is 18.5 Å². The largest absolute Gasteiger partial charge is 0.464 e. The molecule has 0 spiro atoms. The Bertz CT molecular complexity index is 477. The van der Waals surface area contributed by atoms with Gasteiger partial charge in [0.15, 0.2) is 0 Å². The number of anilines is 1. The van der Waals surface area contributed by atoms with Gasteiger partial charge >= 0.3 is 5.97 Å². The molecule has 1 aromatic rings. The lowest BCUT2D eigenvalue weighted by Gasteiger charge is -2.39. The SMILES string of the molecule is CCOC(=O)C1(Nc2ccc(Cl)cc2)CCOC(CC)C1. The number of carbonyl (C=O) groups excluding carboxylic acids is 1. The molecule has 0 saturated carbocycles. The molecule has 0 radical (unpaired) electrons. The minimum atomic E-state index is -0.719. The second-order valence-corrected chi connectivity index (χ2v) is 5.73. The second kappa shape index (κ2) is 7.14. The summed E-state index contributed by atoms with van der Waals surface area (Å²) in [6.45, 7) is 4.82. The van der Waals surface area contributed by atoms with Crippen LogP contribution in [0.3, 0.4) is 0 Å². The fraction of sp³-hybridized carbons (Fsp3) is 0.562. The zero-order chi connectivity index (χ0) is 15.3. The second-order valence-electron chi connectivity index (χ2n) is 5.29. The first-order chi connectivity index (χ1) is 10.1. The standard InChI is InChI=1S/C16H22ClNO3/c1-3-14-11-16(9-10-21-14,15(19)20-4-2)18-13-7-5-12(17)6-8-13/h5-8,14,18H,3-4,9-11H2,1-2H3. The van der Waals surface area contributed by atoms with Crippen LogP contribution in [0.5, 0.6) is 0 Å². The van der Waals surface area contributed by atoms with Crippen molar-refractivity contribution in [3.63, 3.8) is 0 Å². The van der Waals surface area contributed by atoms with Gasteiger partial charge < -0.3 is 14.8 Å². The number of rotatable bonds is 5. The molecule has 1 fully saturated rings. The maximum absolute atomic E-state index is 12.5. The summed E-state index contributed by atoms with van der Waals surface area (Å²) >= 11 is 5.91. The third-order valence-corrected chi connectivity index (χ3v) is 4.06. The van der Waals surface area contributed by atoms with Crippen LogP contribution in [0, 0.1) is 0 Å². The number of carbonyl (C=O) groups is 1. The van der Waals surface area contributed by atoms with Crippen molar-refractivity contribution in [2.75, 3.05) is 18.5 Å². The molecule has 0 aromatic heterocycles. The van der Waals surface area contributed by atoms with Crippen LogP contribution in [0.15, 0.2) is 24.3 Å². The molecule has 1 aliphatic rings. The minimum Gasteiger partial charge on any atom is -0.464 e. The molecule has 4 nitrogen and oxygen atoms in total. The molecule has 0 bridgehead atoms. The molecule has 1 aliphatic heterocycles. The summed E-state index contributed by atoms with van der Waals surface area (Å²) in [6, 6.07) is 7.36. The molecule has 1 aromatic carbocycles. The molecule has 21 heavy (non-hydrogen) atoms. The number of ether oxygens (including phenoxy) is 2. The maximum atomic E-state index is 12.5. The fourth-order valence-electron chi connectivity index (χ4n) is 2.64. The molecule has 1 saturated heterocycles. The van der Waals surface area contributed by atoms with E-state index in [0.29, 0.717) is 31.1 Å². The van der Waals surface area contributed by atoms with Crippen molar-refractivity contribution in [2.45, 2.75) is 44.8 Å². The summed E-state index contributed by atoms with van der Waals surface area (Å²) in [6.07, 6.45) is 2.17. The van der Waals surface area contributed by atoms with Crippen molar-refractivity contribution < 1.29 is 14.3 Å². The van der Waals surface area contributed by atoms with Gasteiger partial charge in [0.2, 0.25) is 0 Å². The number of esters is 1. The number of hydrogen-bond donors (Lipinski definition) is 1. The predicted octanol–water partition coefficient (Wildman–Crippen LogP) is 3.64. The summed E-state index contributed by atoms with van der Waals surface area (Å²) < 4.78 is 11.0. The predicted molar refractivity (Wildman–Crippen MR) is 83.7 cm³/mol. The van der Waals surface area contributed by atoms with Crippen LogP contribution >= 0.6 is 11.6 Å². The van der Waals surface area contributed by atoms with Gasteiger partial charge in [0.25, 0.3) is 0 Å². The van der Waals surface area contributed by atoms with Gasteiger partial charge in [0.05, 0.1) is 12.7 Å². The summed E-state index contributed by atoms with van der Waals surface area (Å²) in [7, 11) is 0. The maximum Gasteiger partial charge on any atom is 0.331 e. The normalized spacial score (nSPS) is 25.4. The first-order valence-electron chi connectivity index (χ1n) is 7.42. The van der Waals surface area contributed by atoms with Crippen molar-refractivity contribution in [2.24, 2.45) is 0 Å². The van der Waals surface area contributed by atoms with Crippen LogP contribution in [-0.2, 0) is 14.3 Å². The molecule has 2 unspecified atom stereocenters. The van der Waals surface area contributed by atoms with Gasteiger partial charge in [0, 0.05) is 30.2 Å². The van der Waals surface area contributed by atoms with E-state index in [1.54, 1.807) is 12.1 Å². The zero-order valence-corrected chi connectivity index (χ0v) is 13.3. The lowest BCUT2D eigenvalue weighted by molar-refractivity contribution is -0.154. The summed E-state index contributed by atoms with van der Waals surface area (Å²) in [4.78, 5) is 12.5. The molecule has 0 aliphatic carbocycles. The van der Waals surface area contributed by atoms with Crippen molar-refractivity contribution >= 4 is 23.3 Å². The number of halogens is 1. The summed E-state index contributed by atoms with van der Waals surface area (Å²) in [5, 5.41) is 4.03. The highest BCUT2D eigenvalue weighted by atomic mass is 35.5. The molecule has 0 amide bonds. The monoisotopic (exact) mass is 311 g/mol. The van der Waals surface area contributed by atoms with E-state index >= 15 is 0 Å². The minimum absolute atomic E-state index is 0.0722. The molecule has 1 N–H and O–H groups in total. The third-order valence-electron chi connectivity index (χ3n) is 3.81. The highest BCUT2D eigenvalue weighted by molar-refractivity contribution is 6.30. The molecular weight excluding hydrogens is 290 g/mol. The van der Waals surface area contributed by atoms with Crippen LogP contribution in [0.4, 0.5) is 5.69 Å². The van der Waals surface area contributed by atoms with Crippen molar-refractivity contribution in [1.82, 2.24) is 0 Å². The van der Waals surface area contributed by atoms with Gasteiger partial charge in [-0.3, -0.25) is 0 Å². The van der Waals surface area contributed by atoms with Gasteiger partial charge in [0.1, 0.15) is 5.54 Å². The molecule has 1 heterocycles. The molecular formula is C16H22ClNO3. The van der Waals surface area contributed by atoms with Gasteiger partial charge in [-0.25, -0.2) is 4.79 Å². The first-order valence-corrected chi connectivity index (χ1v) is 7.80. The molecule has 2 rings (SSSR count). The van der Waals surface area contributed by atoms with E-state index in [4.69, 9.17) is 21.1 Å². The first kappa shape index (κ1) is 16.1. The van der Waals surface area contributed by atoms with Gasteiger partial charge in [-0.2, -0.15) is 0 Å². The van der Waals surface area contributed by atoms with Crippen LogP contribution in [0.25, 0.3) is 0 Å². The molecule has 2 atom stereocenters. The van der Waals surface area contributed by atoms with E-state index < -0.39 is 5.54 Å². The lowest BCUT2D eigenvalue weighted by atomic mass is 9.85. The van der Waals surface area contributed by atoms with Gasteiger partial charge in [-0.15, -0.1) is 0 Å². The van der Waals surface area contributed by atoms with Crippen LogP contribution in [0.1, 0.15) is 33.1 Å². The summed E-state index contributed by atoms with van der Waals surface area (Å²) in [5.74, 6) is -0.207. The van der Waals surface area contributed by atoms with Crippen LogP contribution in [-0.4, -0.2) is 30.8 Å². The summed E-state index contributed by atoms with van der Waals surface area (Å²) in [5.41, 5.74) is 0.146. The molecule has 116 valence electrons. The van der Waals surface area contributed by atoms with Gasteiger partial charge in [-0.05, 0) is 37.6 Å². The van der Waals surface area contributed by atoms with E-state index in [-0.39, 0.29) is 12.1 Å². The van der Waals surface area contributed by atoms with Crippen LogP contribution < -0.4 is 5.32 Å². The van der Waals surface area contributed by atoms with Crippen molar-refractivity contribution in [3.8, 4) is 0 Å². The Morgan fingerprint density at radius 3 is 2.76 bits per heavy atom. The third kappa shape index (κ3) is 3.89. The van der Waals surface area contributed by atoms with E-state index in [9.17, 15) is 4.79 Å². The van der Waals surface area contributed by atoms with Crippen molar-refractivity contribution in [3.05, 3.63) is 29.3 Å². The average molecular weight is 312 g/mol. The highest BCUT2D eigenvalue weighted by Gasteiger charge is 2.44. The van der Waals surface area contributed by atoms with E-state index in [0.717, 1.165) is 12.1 Å². The number of benzene rings is 1. The van der Waals surface area contributed by atoms with E-state index in [2.05, 4.69) is 12.2 Å². The van der Waals surface area contributed by atoms with E-state index in [1.165, 1.54) is 0 Å². The van der Waals surface area contributed by atoms with E-state index in [1.807, 2.05) is 19.1 Å². The van der Waals surface area contributed by atoms with Crippen LogP contribution in [0.2, 0.25) is 5.02 Å². The Labute approximate surface area is 130 Å². The Morgan fingerprint density at radius 2 is 2.14 bits per heavy atom. The topological polar surface area (TPSA) is 47.6 Å². The fourth-order valence-corrected chi connectivity index (χ4v) is 2.77.